The molecule has 0 bridgehead atoms. The van der Waals surface area contributed by atoms with E-state index in [4.69, 9.17) is 0 Å². The number of aryl methyl sites for hydroxylation is 3. The smallest absolute Gasteiger partial charge is 0.153 e. The van der Waals surface area contributed by atoms with E-state index in [-0.39, 0.29) is 17.5 Å². The van der Waals surface area contributed by atoms with Gasteiger partial charge in [-0.05, 0) is 43.9 Å². The van der Waals surface area contributed by atoms with Crippen molar-refractivity contribution in [3.05, 3.63) is 34.4 Å². The van der Waals surface area contributed by atoms with Crippen molar-refractivity contribution in [2.45, 2.75) is 33.2 Å². The van der Waals surface area contributed by atoms with Gasteiger partial charge in [-0.15, -0.1) is 0 Å². The van der Waals surface area contributed by atoms with Gasteiger partial charge >= 0.3 is 0 Å². The summed E-state index contributed by atoms with van der Waals surface area (Å²) in [5.41, 5.74) is 5.07. The van der Waals surface area contributed by atoms with E-state index in [1.54, 1.807) is 0 Å². The lowest BCUT2D eigenvalue weighted by Gasteiger charge is -2.25. The van der Waals surface area contributed by atoms with E-state index in [2.05, 4.69) is 38.2 Å². The Kier molecular flexibility index (Phi) is 3.78. The molecular formula is C14H21NO2S. The lowest BCUT2D eigenvalue weighted by molar-refractivity contribution is 0.514. The zero-order valence-corrected chi connectivity index (χ0v) is 12.1. The third kappa shape index (κ3) is 3.12. The summed E-state index contributed by atoms with van der Waals surface area (Å²) in [6.07, 6.45) is 0.803. The van der Waals surface area contributed by atoms with Gasteiger partial charge in [0, 0.05) is 12.6 Å². The van der Waals surface area contributed by atoms with Crippen LogP contribution in [-0.4, -0.2) is 32.5 Å². The van der Waals surface area contributed by atoms with Crippen molar-refractivity contribution in [2.24, 2.45) is 0 Å². The molecule has 1 atom stereocenters. The Hall–Kier alpha value is -0.870. The van der Waals surface area contributed by atoms with Crippen LogP contribution in [-0.2, 0) is 16.3 Å². The van der Waals surface area contributed by atoms with Crippen LogP contribution < -0.4 is 5.32 Å². The Balaban J connectivity index is 2.19. The third-order valence-electron chi connectivity index (χ3n) is 3.59. The van der Waals surface area contributed by atoms with Crippen molar-refractivity contribution in [3.63, 3.8) is 0 Å². The van der Waals surface area contributed by atoms with Gasteiger partial charge in [-0.25, -0.2) is 8.42 Å². The van der Waals surface area contributed by atoms with E-state index in [0.29, 0.717) is 6.54 Å². The van der Waals surface area contributed by atoms with Crippen molar-refractivity contribution in [1.29, 1.82) is 0 Å². The van der Waals surface area contributed by atoms with E-state index in [0.717, 1.165) is 6.42 Å². The normalized spacial score (nSPS) is 22.9. The molecule has 4 heteroatoms. The molecule has 2 rings (SSSR count). The maximum atomic E-state index is 11.6. The Morgan fingerprint density at radius 2 is 1.83 bits per heavy atom. The van der Waals surface area contributed by atoms with Crippen LogP contribution in [0.25, 0.3) is 0 Å². The van der Waals surface area contributed by atoms with Crippen molar-refractivity contribution in [1.82, 2.24) is 5.32 Å². The van der Waals surface area contributed by atoms with E-state index in [1.807, 2.05) is 0 Å². The van der Waals surface area contributed by atoms with Crippen LogP contribution in [0.2, 0.25) is 0 Å². The van der Waals surface area contributed by atoms with Crippen LogP contribution in [0.3, 0.4) is 0 Å². The molecule has 1 aliphatic heterocycles. The summed E-state index contributed by atoms with van der Waals surface area (Å²) in [5, 5.41) is 3.31. The standard InChI is InChI=1S/C14H21NO2S/c1-10-6-11(2)14(12(3)7-10)8-13-9-18(16,17)5-4-15-13/h6-7,13,15H,4-5,8-9H2,1-3H3. The Bertz CT molecular complexity index is 526. The highest BCUT2D eigenvalue weighted by atomic mass is 32.2. The summed E-state index contributed by atoms with van der Waals surface area (Å²) in [4.78, 5) is 0. The topological polar surface area (TPSA) is 46.2 Å². The zero-order chi connectivity index (χ0) is 13.3. The zero-order valence-electron chi connectivity index (χ0n) is 11.3. The van der Waals surface area contributed by atoms with Crippen molar-refractivity contribution in [2.75, 3.05) is 18.1 Å². The molecule has 0 amide bonds. The molecule has 1 fully saturated rings. The molecule has 0 aromatic heterocycles. The monoisotopic (exact) mass is 267 g/mol. The minimum Gasteiger partial charge on any atom is -0.312 e. The first kappa shape index (κ1) is 13.6. The van der Waals surface area contributed by atoms with Crippen molar-refractivity contribution >= 4 is 9.84 Å². The van der Waals surface area contributed by atoms with Crippen LogP contribution in [0, 0.1) is 20.8 Å². The number of hydrogen-bond acceptors (Lipinski definition) is 3. The number of benzene rings is 1. The van der Waals surface area contributed by atoms with Gasteiger partial charge in [-0.2, -0.15) is 0 Å². The predicted octanol–water partition coefficient (Wildman–Crippen LogP) is 1.54. The average molecular weight is 267 g/mol. The molecule has 1 unspecified atom stereocenters. The summed E-state index contributed by atoms with van der Waals surface area (Å²) in [7, 11) is -2.85. The van der Waals surface area contributed by atoms with Crippen LogP contribution in [0.1, 0.15) is 22.3 Å². The van der Waals surface area contributed by atoms with Gasteiger partial charge in [0.05, 0.1) is 11.5 Å². The maximum Gasteiger partial charge on any atom is 0.153 e. The fraction of sp³-hybridized carbons (Fsp3) is 0.571. The molecule has 18 heavy (non-hydrogen) atoms. The van der Waals surface area contributed by atoms with Gasteiger partial charge in [0.2, 0.25) is 0 Å². The molecule has 1 aromatic rings. The quantitative estimate of drug-likeness (QED) is 0.884. The van der Waals surface area contributed by atoms with Crippen LogP contribution in [0.15, 0.2) is 12.1 Å². The van der Waals surface area contributed by atoms with E-state index >= 15 is 0 Å². The van der Waals surface area contributed by atoms with E-state index in [9.17, 15) is 8.42 Å². The van der Waals surface area contributed by atoms with Crippen molar-refractivity contribution < 1.29 is 8.42 Å². The van der Waals surface area contributed by atoms with E-state index in [1.165, 1.54) is 22.3 Å². The molecule has 0 aliphatic carbocycles. The lowest BCUT2D eigenvalue weighted by Crippen LogP contribution is -2.46. The molecule has 0 spiro atoms. The number of rotatable bonds is 2. The summed E-state index contributed by atoms with van der Waals surface area (Å²) in [6, 6.07) is 4.39. The van der Waals surface area contributed by atoms with Gasteiger partial charge in [-0.3, -0.25) is 0 Å². The first-order valence-electron chi connectivity index (χ1n) is 6.38. The maximum absolute atomic E-state index is 11.6. The molecule has 100 valence electrons. The van der Waals surface area contributed by atoms with Crippen molar-refractivity contribution in [3.8, 4) is 0 Å². The Morgan fingerprint density at radius 1 is 1.22 bits per heavy atom. The summed E-state index contributed by atoms with van der Waals surface area (Å²) in [5.74, 6) is 0.537. The average Bonchev–Trinajstić information content (AvgIpc) is 2.22. The minimum atomic E-state index is -2.85. The van der Waals surface area contributed by atoms with Crippen LogP contribution in [0.5, 0.6) is 0 Å². The van der Waals surface area contributed by atoms with Crippen LogP contribution >= 0.6 is 0 Å². The van der Waals surface area contributed by atoms with Crippen LogP contribution in [0.4, 0.5) is 0 Å². The highest BCUT2D eigenvalue weighted by Crippen LogP contribution is 2.19. The minimum absolute atomic E-state index is 0.0591. The second kappa shape index (κ2) is 5.02. The second-order valence-corrected chi connectivity index (χ2v) is 7.58. The molecule has 0 radical (unpaired) electrons. The molecule has 0 saturated carbocycles. The molecule has 1 saturated heterocycles. The highest BCUT2D eigenvalue weighted by molar-refractivity contribution is 7.91. The summed E-state index contributed by atoms with van der Waals surface area (Å²) >= 11 is 0. The second-order valence-electron chi connectivity index (χ2n) is 5.35. The lowest BCUT2D eigenvalue weighted by atomic mass is 9.95. The molecule has 1 aliphatic rings. The number of hydrogen-bond donors (Lipinski definition) is 1. The molecule has 1 N–H and O–H groups in total. The summed E-state index contributed by atoms with van der Waals surface area (Å²) < 4.78 is 23.3. The third-order valence-corrected chi connectivity index (χ3v) is 5.33. The SMILES string of the molecule is Cc1cc(C)c(CC2CS(=O)(=O)CCN2)c(C)c1. The summed E-state index contributed by atoms with van der Waals surface area (Å²) in [6.45, 7) is 6.88. The predicted molar refractivity (Wildman–Crippen MR) is 74.8 cm³/mol. The number of sulfone groups is 1. The Morgan fingerprint density at radius 3 is 2.39 bits per heavy atom. The first-order valence-corrected chi connectivity index (χ1v) is 8.20. The van der Waals surface area contributed by atoms with Gasteiger partial charge < -0.3 is 5.32 Å². The van der Waals surface area contributed by atoms with Gasteiger partial charge in [-0.1, -0.05) is 17.7 Å². The van der Waals surface area contributed by atoms with Gasteiger partial charge in [0.25, 0.3) is 0 Å². The number of nitrogens with one attached hydrogen (secondary N) is 1. The largest absolute Gasteiger partial charge is 0.312 e. The Labute approximate surface area is 110 Å². The first-order chi connectivity index (χ1) is 8.37. The molecule has 1 aromatic carbocycles. The van der Waals surface area contributed by atoms with E-state index < -0.39 is 9.84 Å². The molecule has 3 nitrogen and oxygen atoms in total. The highest BCUT2D eigenvalue weighted by Gasteiger charge is 2.25. The fourth-order valence-corrected chi connectivity index (χ4v) is 4.22. The molecule has 1 heterocycles. The molecular weight excluding hydrogens is 246 g/mol. The van der Waals surface area contributed by atoms with Gasteiger partial charge in [0.1, 0.15) is 0 Å². The van der Waals surface area contributed by atoms with Gasteiger partial charge in [0.15, 0.2) is 9.84 Å². The fourth-order valence-electron chi connectivity index (χ4n) is 2.78.